The van der Waals surface area contributed by atoms with Gasteiger partial charge in [-0.3, -0.25) is 0 Å². The molecular formula is C21H38ClN. The van der Waals surface area contributed by atoms with E-state index in [-0.39, 0.29) is 12.4 Å². The maximum Gasteiger partial charge on any atom is 0.0536 e. The number of rotatable bonds is 13. The summed E-state index contributed by atoms with van der Waals surface area (Å²) < 4.78 is 0. The first-order valence-electron chi connectivity index (χ1n) is 9.60. The number of hydrogen-bond donors (Lipinski definition) is 0. The Labute approximate surface area is 151 Å². The van der Waals surface area contributed by atoms with Crippen LogP contribution >= 0.6 is 12.4 Å². The number of halogens is 1. The van der Waals surface area contributed by atoms with Crippen LogP contribution in [0.5, 0.6) is 0 Å². The maximum absolute atomic E-state index is 4.02. The molecule has 0 aliphatic carbocycles. The van der Waals surface area contributed by atoms with Gasteiger partial charge in [0.1, 0.15) is 0 Å². The Morgan fingerprint density at radius 1 is 0.957 bits per heavy atom. The molecule has 0 aromatic carbocycles. The zero-order chi connectivity index (χ0) is 16.0. The van der Waals surface area contributed by atoms with Gasteiger partial charge in [0.2, 0.25) is 0 Å². The quantitative estimate of drug-likeness (QED) is 0.325. The van der Waals surface area contributed by atoms with Crippen LogP contribution in [0.15, 0.2) is 36.6 Å². The topological polar surface area (TPSA) is 3.24 Å². The number of nitrogens with zero attached hydrogens (tertiary/aromatic N) is 1. The fourth-order valence-electron chi connectivity index (χ4n) is 3.28. The molecule has 1 unspecified atom stereocenters. The van der Waals surface area contributed by atoms with Gasteiger partial charge in [0.05, 0.1) is 6.04 Å². The highest BCUT2D eigenvalue weighted by Crippen LogP contribution is 2.24. The molecule has 0 aromatic rings. The Morgan fingerprint density at radius 2 is 1.57 bits per heavy atom. The summed E-state index contributed by atoms with van der Waals surface area (Å²) in [6.07, 6.45) is 23.7. The monoisotopic (exact) mass is 339 g/mol. The fraction of sp³-hybridized carbons (Fsp3) is 0.714. The molecule has 1 nitrogen and oxygen atoms in total. The fourth-order valence-corrected chi connectivity index (χ4v) is 3.28. The van der Waals surface area contributed by atoms with Gasteiger partial charge in [-0.1, -0.05) is 90.4 Å². The van der Waals surface area contributed by atoms with Gasteiger partial charge in [0.15, 0.2) is 0 Å². The molecular weight excluding hydrogens is 302 g/mol. The second kappa shape index (κ2) is 14.9. The predicted octanol–water partition coefficient (Wildman–Crippen LogP) is 7.05. The van der Waals surface area contributed by atoms with Crippen molar-refractivity contribution in [1.29, 1.82) is 0 Å². The van der Waals surface area contributed by atoms with Gasteiger partial charge >= 0.3 is 0 Å². The molecule has 0 fully saturated rings. The van der Waals surface area contributed by atoms with Crippen LogP contribution in [0.1, 0.15) is 84.5 Å². The summed E-state index contributed by atoms with van der Waals surface area (Å²) in [4.78, 5) is 2.55. The van der Waals surface area contributed by atoms with Crippen molar-refractivity contribution in [1.82, 2.24) is 4.90 Å². The van der Waals surface area contributed by atoms with E-state index in [0.29, 0.717) is 6.04 Å². The van der Waals surface area contributed by atoms with Crippen molar-refractivity contribution in [3.8, 4) is 0 Å². The van der Waals surface area contributed by atoms with Crippen LogP contribution < -0.4 is 0 Å². The van der Waals surface area contributed by atoms with Crippen LogP contribution in [-0.2, 0) is 0 Å². The lowest BCUT2D eigenvalue weighted by Crippen LogP contribution is -2.34. The zero-order valence-corrected chi connectivity index (χ0v) is 16.3. The third kappa shape index (κ3) is 9.25. The lowest BCUT2D eigenvalue weighted by Gasteiger charge is -2.34. The second-order valence-corrected chi connectivity index (χ2v) is 6.58. The first kappa shape index (κ1) is 22.3. The summed E-state index contributed by atoms with van der Waals surface area (Å²) >= 11 is 0. The van der Waals surface area contributed by atoms with Crippen LogP contribution in [0.4, 0.5) is 0 Å². The first-order valence-corrected chi connectivity index (χ1v) is 9.60. The van der Waals surface area contributed by atoms with Crippen molar-refractivity contribution in [3.63, 3.8) is 0 Å². The Kier molecular flexibility index (Phi) is 14.4. The predicted molar refractivity (Wildman–Crippen MR) is 107 cm³/mol. The van der Waals surface area contributed by atoms with Gasteiger partial charge in [0, 0.05) is 6.54 Å². The highest BCUT2D eigenvalue weighted by atomic mass is 35.5. The summed E-state index contributed by atoms with van der Waals surface area (Å²) in [7, 11) is 0. The smallest absolute Gasteiger partial charge is 0.0536 e. The standard InChI is InChI=1S/C21H37N.ClH/c1-4-7-9-11-12-13-17-21-20(6-3)16-15-19-22(21)18-14-10-8-5-2;/h6,15-16,19,21H,3-5,7-14,17-18H2,1-2H3;1H. The van der Waals surface area contributed by atoms with E-state index in [4.69, 9.17) is 0 Å². The summed E-state index contributed by atoms with van der Waals surface area (Å²) in [5, 5.41) is 0. The minimum atomic E-state index is 0. The normalized spacial score (nSPS) is 16.9. The van der Waals surface area contributed by atoms with Gasteiger partial charge < -0.3 is 4.90 Å². The Balaban J connectivity index is 0.00000484. The minimum absolute atomic E-state index is 0. The molecule has 1 aliphatic rings. The van der Waals surface area contributed by atoms with Crippen molar-refractivity contribution in [2.75, 3.05) is 6.54 Å². The molecule has 0 aromatic heterocycles. The molecule has 0 radical (unpaired) electrons. The SMILES string of the molecule is C=CC1=CC=CN(CCCCCC)C1CCCCCCCC.Cl. The van der Waals surface area contributed by atoms with Crippen molar-refractivity contribution in [3.05, 3.63) is 36.6 Å². The number of unbranched alkanes of at least 4 members (excludes halogenated alkanes) is 8. The van der Waals surface area contributed by atoms with Crippen molar-refractivity contribution in [2.24, 2.45) is 0 Å². The van der Waals surface area contributed by atoms with E-state index in [1.165, 1.54) is 82.7 Å². The highest BCUT2D eigenvalue weighted by molar-refractivity contribution is 5.85. The summed E-state index contributed by atoms with van der Waals surface area (Å²) in [6.45, 7) is 9.78. The van der Waals surface area contributed by atoms with E-state index >= 15 is 0 Å². The van der Waals surface area contributed by atoms with Crippen LogP contribution in [0.2, 0.25) is 0 Å². The van der Waals surface area contributed by atoms with Gasteiger partial charge in [-0.15, -0.1) is 12.4 Å². The molecule has 1 atom stereocenters. The summed E-state index contributed by atoms with van der Waals surface area (Å²) in [5.41, 5.74) is 1.41. The Bertz CT molecular complexity index is 346. The van der Waals surface area contributed by atoms with E-state index in [0.717, 1.165) is 0 Å². The van der Waals surface area contributed by atoms with E-state index < -0.39 is 0 Å². The number of hydrogen-bond acceptors (Lipinski definition) is 1. The van der Waals surface area contributed by atoms with Gasteiger partial charge in [-0.2, -0.15) is 0 Å². The van der Waals surface area contributed by atoms with Crippen LogP contribution in [0.25, 0.3) is 0 Å². The van der Waals surface area contributed by atoms with Gasteiger partial charge in [-0.25, -0.2) is 0 Å². The Morgan fingerprint density at radius 3 is 2.22 bits per heavy atom. The second-order valence-electron chi connectivity index (χ2n) is 6.58. The lowest BCUT2D eigenvalue weighted by molar-refractivity contribution is 0.280. The average molecular weight is 340 g/mol. The van der Waals surface area contributed by atoms with Crippen LogP contribution in [0, 0.1) is 0 Å². The molecule has 1 rings (SSSR count). The third-order valence-electron chi connectivity index (χ3n) is 4.69. The maximum atomic E-state index is 4.02. The first-order chi connectivity index (χ1) is 10.8. The molecule has 0 N–H and O–H groups in total. The molecule has 0 saturated heterocycles. The van der Waals surface area contributed by atoms with Crippen molar-refractivity contribution in [2.45, 2.75) is 90.5 Å². The van der Waals surface area contributed by atoms with E-state index in [1.807, 2.05) is 0 Å². The average Bonchev–Trinajstić information content (AvgIpc) is 2.55. The molecule has 23 heavy (non-hydrogen) atoms. The van der Waals surface area contributed by atoms with Crippen LogP contribution in [0.3, 0.4) is 0 Å². The molecule has 0 spiro atoms. The van der Waals surface area contributed by atoms with Gasteiger partial charge in [0.25, 0.3) is 0 Å². The van der Waals surface area contributed by atoms with Crippen molar-refractivity contribution < 1.29 is 0 Å². The molecule has 1 heterocycles. The van der Waals surface area contributed by atoms with Crippen LogP contribution in [-0.4, -0.2) is 17.5 Å². The molecule has 0 saturated carbocycles. The summed E-state index contributed by atoms with van der Waals surface area (Å²) in [5.74, 6) is 0. The molecule has 1 aliphatic heterocycles. The third-order valence-corrected chi connectivity index (χ3v) is 4.69. The molecule has 2 heteroatoms. The molecule has 0 bridgehead atoms. The molecule has 0 amide bonds. The lowest BCUT2D eigenvalue weighted by atomic mass is 9.95. The van der Waals surface area contributed by atoms with E-state index in [2.05, 4.69) is 49.8 Å². The van der Waals surface area contributed by atoms with Gasteiger partial charge in [-0.05, 0) is 30.7 Å². The van der Waals surface area contributed by atoms with E-state index in [9.17, 15) is 0 Å². The number of allylic oxidation sites excluding steroid dienone is 2. The molecule has 134 valence electrons. The van der Waals surface area contributed by atoms with Crippen molar-refractivity contribution >= 4 is 12.4 Å². The van der Waals surface area contributed by atoms with E-state index in [1.54, 1.807) is 0 Å². The Hall–Kier alpha value is -0.690. The summed E-state index contributed by atoms with van der Waals surface area (Å²) in [6, 6.07) is 0.565. The largest absolute Gasteiger partial charge is 0.370 e. The zero-order valence-electron chi connectivity index (χ0n) is 15.4. The minimum Gasteiger partial charge on any atom is -0.370 e. The highest BCUT2D eigenvalue weighted by Gasteiger charge is 2.19.